The van der Waals surface area contributed by atoms with E-state index in [0.29, 0.717) is 0 Å². The number of rotatable bonds is 1. The molecule has 1 aliphatic rings. The molecule has 0 radical (unpaired) electrons. The summed E-state index contributed by atoms with van der Waals surface area (Å²) in [6.45, 7) is 0. The minimum absolute atomic E-state index is 0. The maximum Gasteiger partial charge on any atom is -0.147 e. The molecule has 0 aromatic rings. The molecule has 4 heteroatoms. The van der Waals surface area contributed by atoms with E-state index in [1.807, 2.05) is 6.08 Å². The van der Waals surface area contributed by atoms with Gasteiger partial charge in [0.25, 0.3) is 0 Å². The molecule has 0 fully saturated rings. The van der Waals surface area contributed by atoms with Crippen molar-refractivity contribution >= 4 is 24.8 Å². The quantitative estimate of drug-likeness (QED) is 0.610. The zero-order chi connectivity index (χ0) is 5.98. The molecule has 1 rings (SSSR count). The maximum absolute atomic E-state index is 5.02. The summed E-state index contributed by atoms with van der Waals surface area (Å²) in [6.07, 6.45) is 5.17. The van der Waals surface area contributed by atoms with Gasteiger partial charge in [-0.2, -0.15) is 0 Å². The molecule has 0 aromatic carbocycles. The summed E-state index contributed by atoms with van der Waals surface area (Å²) in [4.78, 5) is 0. The van der Waals surface area contributed by atoms with Crippen LogP contribution in [0.25, 0.3) is 0 Å². The van der Waals surface area contributed by atoms with E-state index in [9.17, 15) is 0 Å². The molecule has 10 heavy (non-hydrogen) atoms. The van der Waals surface area contributed by atoms with Crippen LogP contribution in [0.3, 0.4) is 0 Å². The molecular weight excluding hydrogens is 207 g/mol. The van der Waals surface area contributed by atoms with E-state index in [-0.39, 0.29) is 24.8 Å². The fourth-order valence-corrected chi connectivity index (χ4v) is 1.15. The first-order chi connectivity index (χ1) is 3.84. The van der Waals surface area contributed by atoms with E-state index in [0.717, 1.165) is 12.2 Å². The van der Waals surface area contributed by atoms with Crippen molar-refractivity contribution in [3.8, 4) is 0 Å². The third-order valence-corrected chi connectivity index (χ3v) is 1.81. The molecule has 1 nitrogen and oxygen atoms in total. The van der Waals surface area contributed by atoms with Gasteiger partial charge in [0.05, 0.1) is 0 Å². The van der Waals surface area contributed by atoms with Crippen molar-refractivity contribution in [2.45, 2.75) is 6.42 Å². The Labute approximate surface area is 85.1 Å². The van der Waals surface area contributed by atoms with Gasteiger partial charge in [-0.1, -0.05) is 0 Å². The van der Waals surface area contributed by atoms with Crippen molar-refractivity contribution in [1.29, 1.82) is 0 Å². The van der Waals surface area contributed by atoms with Crippen LogP contribution in [-0.2, 0) is 25.2 Å². The average Bonchev–Trinajstić information content (AvgIpc) is 2.14. The smallest absolute Gasteiger partial charge is 0.147 e. The van der Waals surface area contributed by atoms with Gasteiger partial charge >= 0.3 is 60.5 Å². The summed E-state index contributed by atoms with van der Waals surface area (Å²) in [5, 5.41) is 0. The first kappa shape index (κ1) is 13.2. The molecule has 0 saturated carbocycles. The van der Waals surface area contributed by atoms with Gasteiger partial charge in [-0.25, -0.2) is 0 Å². The molecule has 57 valence electrons. The molecule has 0 aromatic heterocycles. The summed E-state index contributed by atoms with van der Waals surface area (Å²) in [7, 11) is 1.70. The minimum Gasteiger partial charge on any atom is -0.147 e. The molecule has 0 atom stereocenters. The number of ether oxygens (including phenoxy) is 1. The van der Waals surface area contributed by atoms with Crippen LogP contribution in [0.1, 0.15) is 6.42 Å². The van der Waals surface area contributed by atoms with Crippen LogP contribution in [0.15, 0.2) is 21.8 Å². The van der Waals surface area contributed by atoms with Gasteiger partial charge in [0.15, 0.2) is 0 Å². The Kier molecular flexibility index (Phi) is 8.30. The SMILES string of the molecule is COC1=[C]([Ti])CC=C1.Cl.Cl. The molecule has 0 heterocycles. The average molecular weight is 216 g/mol. The molecule has 0 bridgehead atoms. The van der Waals surface area contributed by atoms with Crippen LogP contribution in [0.2, 0.25) is 0 Å². The fraction of sp³-hybridized carbons (Fsp3) is 0.333. The van der Waals surface area contributed by atoms with E-state index >= 15 is 0 Å². The Bertz CT molecular complexity index is 154. The standard InChI is InChI=1S/C6H7O.2ClH.Ti/c1-7-6-4-2-3-5-6;;;/h2,4H,3H2,1H3;2*1H;. The van der Waals surface area contributed by atoms with Gasteiger partial charge in [0.1, 0.15) is 0 Å². The Balaban J connectivity index is 0. The van der Waals surface area contributed by atoms with E-state index < -0.39 is 0 Å². The van der Waals surface area contributed by atoms with Crippen molar-refractivity contribution in [2.24, 2.45) is 0 Å². The van der Waals surface area contributed by atoms with E-state index in [2.05, 4.69) is 26.5 Å². The number of halogens is 2. The first-order valence-electron chi connectivity index (χ1n) is 2.50. The fourth-order valence-electron chi connectivity index (χ4n) is 0.676. The van der Waals surface area contributed by atoms with Crippen molar-refractivity contribution in [3.05, 3.63) is 21.8 Å². The van der Waals surface area contributed by atoms with Crippen molar-refractivity contribution in [2.75, 3.05) is 7.11 Å². The van der Waals surface area contributed by atoms with Gasteiger partial charge < -0.3 is 0 Å². The second-order valence-electron chi connectivity index (χ2n) is 1.65. The Morgan fingerprint density at radius 1 is 1.50 bits per heavy atom. The van der Waals surface area contributed by atoms with Gasteiger partial charge in [-0.15, -0.1) is 24.8 Å². The molecule has 0 amide bonds. The topological polar surface area (TPSA) is 9.23 Å². The van der Waals surface area contributed by atoms with Crippen LogP contribution < -0.4 is 0 Å². The van der Waals surface area contributed by atoms with Gasteiger partial charge in [-0.3, -0.25) is 0 Å². The Morgan fingerprint density at radius 2 is 2.10 bits per heavy atom. The summed E-state index contributed by atoms with van der Waals surface area (Å²) < 4.78 is 6.34. The molecule has 1 aliphatic carbocycles. The maximum atomic E-state index is 5.02. The Morgan fingerprint density at radius 3 is 2.30 bits per heavy atom. The van der Waals surface area contributed by atoms with Gasteiger partial charge in [0.2, 0.25) is 0 Å². The van der Waals surface area contributed by atoms with Crippen molar-refractivity contribution < 1.29 is 25.2 Å². The molecule has 0 aliphatic heterocycles. The van der Waals surface area contributed by atoms with E-state index in [1.54, 1.807) is 7.11 Å². The third kappa shape index (κ3) is 3.11. The summed E-state index contributed by atoms with van der Waals surface area (Å²) >= 11 is 2.08. The van der Waals surface area contributed by atoms with Crippen LogP contribution in [-0.4, -0.2) is 7.11 Å². The predicted molar refractivity (Wildman–Crippen MR) is 42.3 cm³/mol. The summed E-state index contributed by atoms with van der Waals surface area (Å²) in [5.74, 6) is 1.03. The number of hydrogen-bond acceptors (Lipinski definition) is 1. The third-order valence-electron chi connectivity index (χ3n) is 1.11. The molecular formula is C6H9Cl2OTi. The predicted octanol–water partition coefficient (Wildman–Crippen LogP) is 2.19. The Hall–Kier alpha value is 0.574. The molecule has 0 spiro atoms. The monoisotopic (exact) mass is 215 g/mol. The van der Waals surface area contributed by atoms with Crippen LogP contribution in [0, 0.1) is 0 Å². The first-order valence-corrected chi connectivity index (χ1v) is 3.28. The molecule has 0 saturated heterocycles. The molecule has 0 N–H and O–H groups in total. The largest absolute Gasteiger partial charge is 0.147 e. The normalized spacial score (nSPS) is 14.0. The second kappa shape index (κ2) is 6.30. The molecule has 0 unspecified atom stereocenters. The number of allylic oxidation sites excluding steroid dienone is 3. The van der Waals surface area contributed by atoms with Crippen LogP contribution in [0.5, 0.6) is 0 Å². The number of hydrogen-bond donors (Lipinski definition) is 0. The summed E-state index contributed by atoms with van der Waals surface area (Å²) in [5.41, 5.74) is 0. The number of methoxy groups -OCH3 is 1. The minimum atomic E-state index is 0. The van der Waals surface area contributed by atoms with Crippen molar-refractivity contribution in [3.63, 3.8) is 0 Å². The van der Waals surface area contributed by atoms with Gasteiger partial charge in [0, 0.05) is 0 Å². The van der Waals surface area contributed by atoms with Crippen molar-refractivity contribution in [1.82, 2.24) is 0 Å². The van der Waals surface area contributed by atoms with E-state index in [1.165, 1.54) is 3.88 Å². The zero-order valence-electron chi connectivity index (χ0n) is 5.59. The van der Waals surface area contributed by atoms with Crippen LogP contribution >= 0.6 is 24.8 Å². The summed E-state index contributed by atoms with van der Waals surface area (Å²) in [6, 6.07) is 0. The van der Waals surface area contributed by atoms with Crippen LogP contribution in [0.4, 0.5) is 0 Å². The second-order valence-corrected chi connectivity index (χ2v) is 2.60. The van der Waals surface area contributed by atoms with Gasteiger partial charge in [-0.05, 0) is 0 Å². The van der Waals surface area contributed by atoms with E-state index in [4.69, 9.17) is 4.74 Å². The zero-order valence-corrected chi connectivity index (χ0v) is 8.78.